The minimum absolute atomic E-state index is 0.403. The molecule has 0 radical (unpaired) electrons. The molecule has 3 aromatic heterocycles. The molecule has 0 bridgehead atoms. The summed E-state index contributed by atoms with van der Waals surface area (Å²) in [5, 5.41) is 14.7. The van der Waals surface area contributed by atoms with Gasteiger partial charge in [0.15, 0.2) is 5.82 Å². The molecule has 0 fully saturated rings. The zero-order valence-electron chi connectivity index (χ0n) is 11.0. The lowest BCUT2D eigenvalue weighted by Crippen LogP contribution is -2.03. The number of fused-ring (bicyclic) bond motifs is 1. The molecule has 3 aromatic rings. The molecule has 6 nitrogen and oxygen atoms in total. The molecule has 0 atom stereocenters. The van der Waals surface area contributed by atoms with Crippen molar-refractivity contribution in [2.45, 2.75) is 26.3 Å². The predicted molar refractivity (Wildman–Crippen MR) is 73.0 cm³/mol. The molecular weight excluding hydrogens is 240 g/mol. The molecule has 3 heterocycles. The van der Waals surface area contributed by atoms with Crippen LogP contribution in [0.2, 0.25) is 0 Å². The van der Waals surface area contributed by atoms with E-state index in [1.165, 1.54) is 0 Å². The fourth-order valence-electron chi connectivity index (χ4n) is 1.92. The van der Waals surface area contributed by atoms with Crippen LogP contribution in [0.1, 0.15) is 31.2 Å². The van der Waals surface area contributed by atoms with Gasteiger partial charge in [-0.2, -0.15) is 10.2 Å². The van der Waals surface area contributed by atoms with Crippen molar-refractivity contribution in [3.8, 4) is 0 Å². The van der Waals surface area contributed by atoms with Crippen LogP contribution in [0.3, 0.4) is 0 Å². The number of rotatable bonds is 4. The second-order valence-electron chi connectivity index (χ2n) is 4.76. The van der Waals surface area contributed by atoms with E-state index >= 15 is 0 Å². The van der Waals surface area contributed by atoms with Gasteiger partial charge in [-0.3, -0.25) is 5.10 Å². The standard InChI is InChI=1S/C13H16N6/c1-9(2)11-7-12-13(14-5-6-19(12)18-11)15-8-10-3-4-16-17-10/h3-7,9H,8H2,1-2H3,(H,14,15)(H,16,17). The minimum Gasteiger partial charge on any atom is -0.363 e. The second kappa shape index (κ2) is 4.72. The summed E-state index contributed by atoms with van der Waals surface area (Å²) in [6.45, 7) is 4.93. The first-order chi connectivity index (χ1) is 9.24. The van der Waals surface area contributed by atoms with E-state index in [2.05, 4.69) is 45.5 Å². The third-order valence-corrected chi connectivity index (χ3v) is 3.00. The third kappa shape index (κ3) is 2.29. The first kappa shape index (κ1) is 11.7. The molecule has 19 heavy (non-hydrogen) atoms. The largest absolute Gasteiger partial charge is 0.363 e. The van der Waals surface area contributed by atoms with E-state index in [0.717, 1.165) is 22.7 Å². The van der Waals surface area contributed by atoms with Gasteiger partial charge in [-0.05, 0) is 18.1 Å². The number of nitrogens with one attached hydrogen (secondary N) is 2. The topological polar surface area (TPSA) is 70.9 Å². The Morgan fingerprint density at radius 1 is 1.37 bits per heavy atom. The Balaban J connectivity index is 1.90. The molecule has 0 saturated heterocycles. The van der Waals surface area contributed by atoms with E-state index in [4.69, 9.17) is 0 Å². The minimum atomic E-state index is 0.403. The molecule has 0 aliphatic carbocycles. The van der Waals surface area contributed by atoms with Gasteiger partial charge in [0.1, 0.15) is 5.52 Å². The Morgan fingerprint density at radius 2 is 2.26 bits per heavy atom. The lowest BCUT2D eigenvalue weighted by molar-refractivity contribution is 0.787. The van der Waals surface area contributed by atoms with Gasteiger partial charge >= 0.3 is 0 Å². The summed E-state index contributed by atoms with van der Waals surface area (Å²) in [4.78, 5) is 4.37. The first-order valence-corrected chi connectivity index (χ1v) is 6.30. The van der Waals surface area contributed by atoms with E-state index in [1.807, 2.05) is 16.8 Å². The molecule has 0 aliphatic rings. The third-order valence-electron chi connectivity index (χ3n) is 3.00. The van der Waals surface area contributed by atoms with Crippen LogP contribution in [0.15, 0.2) is 30.7 Å². The summed E-state index contributed by atoms with van der Waals surface area (Å²) in [5.74, 6) is 1.23. The maximum atomic E-state index is 4.53. The van der Waals surface area contributed by atoms with Crippen molar-refractivity contribution in [3.63, 3.8) is 0 Å². The molecule has 0 aliphatic heterocycles. The Morgan fingerprint density at radius 3 is 3.00 bits per heavy atom. The summed E-state index contributed by atoms with van der Waals surface area (Å²) < 4.78 is 1.86. The monoisotopic (exact) mass is 256 g/mol. The van der Waals surface area contributed by atoms with Gasteiger partial charge in [-0.1, -0.05) is 13.8 Å². The van der Waals surface area contributed by atoms with Crippen LogP contribution >= 0.6 is 0 Å². The van der Waals surface area contributed by atoms with Crippen LogP contribution < -0.4 is 5.32 Å². The second-order valence-corrected chi connectivity index (χ2v) is 4.76. The Bertz CT molecular complexity index is 668. The van der Waals surface area contributed by atoms with E-state index in [0.29, 0.717) is 12.5 Å². The number of H-pyrrole nitrogens is 1. The smallest absolute Gasteiger partial charge is 0.152 e. The van der Waals surface area contributed by atoms with Gasteiger partial charge in [0.25, 0.3) is 0 Å². The van der Waals surface area contributed by atoms with Crippen molar-refractivity contribution < 1.29 is 0 Å². The highest BCUT2D eigenvalue weighted by Crippen LogP contribution is 2.20. The van der Waals surface area contributed by atoms with E-state index in [1.54, 1.807) is 12.4 Å². The SMILES string of the molecule is CC(C)c1cc2c(NCc3ccn[nH]3)nccn2n1. The van der Waals surface area contributed by atoms with Crippen LogP contribution in [0.25, 0.3) is 5.52 Å². The van der Waals surface area contributed by atoms with Crippen molar-refractivity contribution in [1.29, 1.82) is 0 Å². The molecule has 98 valence electrons. The predicted octanol–water partition coefficient (Wildman–Crippen LogP) is 2.19. The quantitative estimate of drug-likeness (QED) is 0.750. The lowest BCUT2D eigenvalue weighted by Gasteiger charge is -2.04. The van der Waals surface area contributed by atoms with E-state index in [9.17, 15) is 0 Å². The zero-order valence-corrected chi connectivity index (χ0v) is 11.0. The van der Waals surface area contributed by atoms with Gasteiger partial charge in [-0.15, -0.1) is 0 Å². The number of aromatic nitrogens is 5. The van der Waals surface area contributed by atoms with Crippen molar-refractivity contribution in [3.05, 3.63) is 42.1 Å². The molecule has 0 spiro atoms. The Kier molecular flexibility index (Phi) is 2.91. The van der Waals surface area contributed by atoms with Gasteiger partial charge in [0.2, 0.25) is 0 Å². The zero-order chi connectivity index (χ0) is 13.2. The van der Waals surface area contributed by atoms with Crippen LogP contribution in [0.5, 0.6) is 0 Å². The first-order valence-electron chi connectivity index (χ1n) is 6.30. The lowest BCUT2D eigenvalue weighted by atomic mass is 10.1. The van der Waals surface area contributed by atoms with E-state index in [-0.39, 0.29) is 0 Å². The van der Waals surface area contributed by atoms with Gasteiger partial charge in [0.05, 0.1) is 17.9 Å². The molecular formula is C13H16N6. The van der Waals surface area contributed by atoms with Crippen molar-refractivity contribution in [2.75, 3.05) is 5.32 Å². The number of anilines is 1. The van der Waals surface area contributed by atoms with Crippen LogP contribution in [0, 0.1) is 0 Å². The van der Waals surface area contributed by atoms with Gasteiger partial charge in [0, 0.05) is 18.6 Å². The summed E-state index contributed by atoms with van der Waals surface area (Å²) in [7, 11) is 0. The maximum Gasteiger partial charge on any atom is 0.152 e. The molecule has 0 saturated carbocycles. The number of hydrogen-bond acceptors (Lipinski definition) is 4. The average molecular weight is 256 g/mol. The highest BCUT2D eigenvalue weighted by atomic mass is 15.2. The van der Waals surface area contributed by atoms with Crippen molar-refractivity contribution in [2.24, 2.45) is 0 Å². The highest BCUT2D eigenvalue weighted by molar-refractivity contribution is 5.67. The fraction of sp³-hybridized carbons (Fsp3) is 0.308. The number of nitrogens with zero attached hydrogens (tertiary/aromatic N) is 4. The van der Waals surface area contributed by atoms with Crippen LogP contribution in [0.4, 0.5) is 5.82 Å². The van der Waals surface area contributed by atoms with Gasteiger partial charge < -0.3 is 5.32 Å². The Labute approximate surface area is 110 Å². The molecule has 0 unspecified atom stereocenters. The normalized spacial score (nSPS) is 11.3. The molecule has 0 amide bonds. The van der Waals surface area contributed by atoms with Gasteiger partial charge in [-0.25, -0.2) is 9.50 Å². The van der Waals surface area contributed by atoms with Crippen LogP contribution in [-0.4, -0.2) is 24.8 Å². The van der Waals surface area contributed by atoms with Crippen LogP contribution in [-0.2, 0) is 6.54 Å². The summed E-state index contributed by atoms with van der Waals surface area (Å²) >= 11 is 0. The summed E-state index contributed by atoms with van der Waals surface area (Å²) in [5.41, 5.74) is 3.08. The average Bonchev–Trinajstić information content (AvgIpc) is 3.05. The Hall–Kier alpha value is -2.37. The fourth-order valence-corrected chi connectivity index (χ4v) is 1.92. The molecule has 0 aromatic carbocycles. The summed E-state index contributed by atoms with van der Waals surface area (Å²) in [6.07, 6.45) is 5.35. The molecule has 3 rings (SSSR count). The molecule has 6 heteroatoms. The van der Waals surface area contributed by atoms with E-state index < -0.39 is 0 Å². The maximum absolute atomic E-state index is 4.53. The number of aromatic amines is 1. The highest BCUT2D eigenvalue weighted by Gasteiger charge is 2.09. The molecule has 2 N–H and O–H groups in total. The van der Waals surface area contributed by atoms with Crippen molar-refractivity contribution in [1.82, 2.24) is 24.8 Å². The number of hydrogen-bond donors (Lipinski definition) is 2. The van der Waals surface area contributed by atoms with Crippen molar-refractivity contribution >= 4 is 11.3 Å². The summed E-state index contributed by atoms with van der Waals surface area (Å²) in [6, 6.07) is 4.01.